The van der Waals surface area contributed by atoms with Crippen molar-refractivity contribution in [2.45, 2.75) is 32.2 Å². The van der Waals surface area contributed by atoms with Crippen molar-refractivity contribution in [3.63, 3.8) is 0 Å². The van der Waals surface area contributed by atoms with E-state index in [0.29, 0.717) is 37.2 Å². The van der Waals surface area contributed by atoms with E-state index < -0.39 is 0 Å². The molecule has 2 aliphatic rings. The van der Waals surface area contributed by atoms with Gasteiger partial charge in [0, 0.05) is 63.7 Å². The quantitative estimate of drug-likeness (QED) is 0.757. The molecule has 0 saturated carbocycles. The second-order valence-electron chi connectivity index (χ2n) is 7.54. The number of benzene rings is 1. The van der Waals surface area contributed by atoms with Crippen molar-refractivity contribution in [3.05, 3.63) is 30.2 Å². The fourth-order valence-electron chi connectivity index (χ4n) is 4.03. The highest BCUT2D eigenvalue weighted by Crippen LogP contribution is 2.21. The van der Waals surface area contributed by atoms with E-state index in [-0.39, 0.29) is 5.91 Å². The molecule has 156 valence electrons. The number of amides is 1. The summed E-state index contributed by atoms with van der Waals surface area (Å²) >= 11 is 0. The molecule has 2 fully saturated rings. The van der Waals surface area contributed by atoms with Crippen molar-refractivity contribution in [3.8, 4) is 17.1 Å². The van der Waals surface area contributed by atoms with Gasteiger partial charge >= 0.3 is 0 Å². The number of nitrogens with zero attached hydrogens (tertiary/aromatic N) is 4. The number of hydrogen-bond donors (Lipinski definition) is 1. The summed E-state index contributed by atoms with van der Waals surface area (Å²) in [6.45, 7) is 8.48. The molecule has 1 unspecified atom stereocenters. The molecule has 8 heteroatoms. The van der Waals surface area contributed by atoms with Crippen LogP contribution >= 0.6 is 0 Å². The highest BCUT2D eigenvalue weighted by Gasteiger charge is 2.30. The zero-order valence-corrected chi connectivity index (χ0v) is 17.0. The van der Waals surface area contributed by atoms with Gasteiger partial charge in [0.05, 0.1) is 6.61 Å². The summed E-state index contributed by atoms with van der Waals surface area (Å²) in [7, 11) is 0. The SMILES string of the molecule is CCOc1ccc(-c2noc(CCC(=O)N3CCC(N4CCNCC4)C3)n2)cc1. The molecule has 0 aliphatic carbocycles. The second-order valence-corrected chi connectivity index (χ2v) is 7.54. The van der Waals surface area contributed by atoms with Crippen LogP contribution in [0.4, 0.5) is 0 Å². The largest absolute Gasteiger partial charge is 0.494 e. The molecule has 29 heavy (non-hydrogen) atoms. The highest BCUT2D eigenvalue weighted by atomic mass is 16.5. The number of carbonyl (C=O) groups excluding carboxylic acids is 1. The fourth-order valence-corrected chi connectivity index (χ4v) is 4.03. The van der Waals surface area contributed by atoms with E-state index in [1.807, 2.05) is 36.1 Å². The number of ether oxygens (including phenoxy) is 1. The van der Waals surface area contributed by atoms with E-state index >= 15 is 0 Å². The number of rotatable bonds is 7. The zero-order valence-electron chi connectivity index (χ0n) is 17.0. The number of piperazine rings is 1. The third-order valence-corrected chi connectivity index (χ3v) is 5.63. The van der Waals surface area contributed by atoms with E-state index in [2.05, 4.69) is 20.4 Å². The van der Waals surface area contributed by atoms with Crippen LogP contribution in [0.5, 0.6) is 5.75 Å². The first-order valence-electron chi connectivity index (χ1n) is 10.5. The standard InChI is InChI=1S/C21H29N5O3/c1-2-28-18-5-3-16(4-6-18)21-23-19(29-24-21)7-8-20(27)26-12-9-17(15-26)25-13-10-22-11-14-25/h3-6,17,22H,2,7-15H2,1H3. The number of likely N-dealkylation sites (tertiary alicyclic amines) is 1. The minimum absolute atomic E-state index is 0.170. The molecule has 2 saturated heterocycles. The maximum atomic E-state index is 12.6. The highest BCUT2D eigenvalue weighted by molar-refractivity contribution is 5.76. The zero-order chi connectivity index (χ0) is 20.1. The smallest absolute Gasteiger partial charge is 0.227 e. The summed E-state index contributed by atoms with van der Waals surface area (Å²) in [5, 5.41) is 7.43. The van der Waals surface area contributed by atoms with E-state index in [0.717, 1.165) is 57.0 Å². The normalized spacial score (nSPS) is 20.2. The third-order valence-electron chi connectivity index (χ3n) is 5.63. The van der Waals surface area contributed by atoms with Crippen LogP contribution in [0.25, 0.3) is 11.4 Å². The van der Waals surface area contributed by atoms with Crippen molar-refractivity contribution in [1.29, 1.82) is 0 Å². The Morgan fingerprint density at radius 3 is 2.79 bits per heavy atom. The Hall–Kier alpha value is -2.45. The van der Waals surface area contributed by atoms with Crippen molar-refractivity contribution in [1.82, 2.24) is 25.3 Å². The van der Waals surface area contributed by atoms with Crippen molar-refractivity contribution in [2.75, 3.05) is 45.9 Å². The van der Waals surface area contributed by atoms with Gasteiger partial charge in [0.25, 0.3) is 0 Å². The Bertz CT molecular complexity index is 801. The van der Waals surface area contributed by atoms with Gasteiger partial charge in [0.15, 0.2) is 0 Å². The van der Waals surface area contributed by atoms with E-state index in [1.165, 1.54) is 0 Å². The van der Waals surface area contributed by atoms with Crippen LogP contribution in [0, 0.1) is 0 Å². The van der Waals surface area contributed by atoms with E-state index in [9.17, 15) is 4.79 Å². The van der Waals surface area contributed by atoms with Gasteiger partial charge in [0.2, 0.25) is 17.6 Å². The lowest BCUT2D eigenvalue weighted by atomic mass is 10.2. The maximum Gasteiger partial charge on any atom is 0.227 e. The molecular weight excluding hydrogens is 370 g/mol. The summed E-state index contributed by atoms with van der Waals surface area (Å²) in [4.78, 5) is 21.5. The average molecular weight is 399 g/mol. The van der Waals surface area contributed by atoms with E-state index in [4.69, 9.17) is 9.26 Å². The molecule has 1 atom stereocenters. The van der Waals surface area contributed by atoms with Gasteiger partial charge in [0.1, 0.15) is 5.75 Å². The van der Waals surface area contributed by atoms with E-state index in [1.54, 1.807) is 0 Å². The average Bonchev–Trinajstić information content (AvgIpc) is 3.44. The van der Waals surface area contributed by atoms with Crippen LogP contribution in [0.1, 0.15) is 25.7 Å². The van der Waals surface area contributed by atoms with Gasteiger partial charge in [-0.05, 0) is 37.6 Å². The molecule has 0 spiro atoms. The number of aryl methyl sites for hydroxylation is 1. The van der Waals surface area contributed by atoms with Crippen molar-refractivity contribution in [2.24, 2.45) is 0 Å². The Labute approximate surface area is 171 Å². The van der Waals surface area contributed by atoms with Gasteiger partial charge in [-0.1, -0.05) is 5.16 Å². The van der Waals surface area contributed by atoms with Crippen LogP contribution in [0.2, 0.25) is 0 Å². The predicted octanol–water partition coefficient (Wildman–Crippen LogP) is 1.57. The van der Waals surface area contributed by atoms with Gasteiger partial charge in [-0.15, -0.1) is 0 Å². The maximum absolute atomic E-state index is 12.6. The topological polar surface area (TPSA) is 83.7 Å². The Balaban J connectivity index is 1.26. The van der Waals surface area contributed by atoms with Gasteiger partial charge < -0.3 is 19.5 Å². The predicted molar refractivity (Wildman–Crippen MR) is 109 cm³/mol. The molecule has 3 heterocycles. The minimum Gasteiger partial charge on any atom is -0.494 e. The fraction of sp³-hybridized carbons (Fsp3) is 0.571. The second kappa shape index (κ2) is 9.37. The van der Waals surface area contributed by atoms with Crippen LogP contribution in [-0.2, 0) is 11.2 Å². The van der Waals surface area contributed by atoms with Gasteiger partial charge in [-0.2, -0.15) is 4.98 Å². The first-order chi connectivity index (χ1) is 14.2. The molecule has 1 N–H and O–H groups in total. The number of aromatic nitrogens is 2. The van der Waals surface area contributed by atoms with Crippen molar-refractivity contribution < 1.29 is 14.1 Å². The molecule has 1 amide bonds. The van der Waals surface area contributed by atoms with Crippen molar-refractivity contribution >= 4 is 5.91 Å². The van der Waals surface area contributed by atoms with Crippen LogP contribution in [-0.4, -0.2) is 77.8 Å². The summed E-state index contributed by atoms with van der Waals surface area (Å²) in [6, 6.07) is 8.09. The molecule has 1 aromatic carbocycles. The molecule has 0 bridgehead atoms. The Morgan fingerprint density at radius 1 is 1.24 bits per heavy atom. The summed E-state index contributed by atoms with van der Waals surface area (Å²) in [5.41, 5.74) is 0.869. The first kappa shape index (κ1) is 19.8. The molecule has 0 radical (unpaired) electrons. The summed E-state index contributed by atoms with van der Waals surface area (Å²) in [5.74, 6) is 2.02. The lowest BCUT2D eigenvalue weighted by Crippen LogP contribution is -2.49. The van der Waals surface area contributed by atoms with Crippen LogP contribution in [0.3, 0.4) is 0 Å². The molecule has 2 aromatic rings. The molecule has 2 aliphatic heterocycles. The van der Waals surface area contributed by atoms with Gasteiger partial charge in [-0.25, -0.2) is 0 Å². The monoisotopic (exact) mass is 399 g/mol. The minimum atomic E-state index is 0.170. The Kier molecular flexibility index (Phi) is 6.41. The molecule has 8 nitrogen and oxygen atoms in total. The lowest BCUT2D eigenvalue weighted by molar-refractivity contribution is -0.130. The molecular formula is C21H29N5O3. The lowest BCUT2D eigenvalue weighted by Gasteiger charge is -2.32. The van der Waals surface area contributed by atoms with Crippen LogP contribution in [0.15, 0.2) is 28.8 Å². The first-order valence-corrected chi connectivity index (χ1v) is 10.5. The van der Waals surface area contributed by atoms with Crippen LogP contribution < -0.4 is 10.1 Å². The number of carbonyl (C=O) groups is 1. The summed E-state index contributed by atoms with van der Waals surface area (Å²) in [6.07, 6.45) is 1.94. The molecule has 1 aromatic heterocycles. The Morgan fingerprint density at radius 2 is 2.03 bits per heavy atom. The third kappa shape index (κ3) is 4.94. The van der Waals surface area contributed by atoms with Gasteiger partial charge in [-0.3, -0.25) is 9.69 Å². The molecule has 4 rings (SSSR count). The number of nitrogens with one attached hydrogen (secondary N) is 1. The number of hydrogen-bond acceptors (Lipinski definition) is 7. The summed E-state index contributed by atoms with van der Waals surface area (Å²) < 4.78 is 10.8.